The highest BCUT2D eigenvalue weighted by molar-refractivity contribution is 7.92. The summed E-state index contributed by atoms with van der Waals surface area (Å²) in [6.45, 7) is 13.3. The Balaban J connectivity index is 1.53. The van der Waals surface area contributed by atoms with Crippen molar-refractivity contribution in [2.75, 3.05) is 42.5 Å². The number of benzene rings is 2. The number of aromatic nitrogens is 4. The lowest BCUT2D eigenvalue weighted by Crippen LogP contribution is -2.45. The van der Waals surface area contributed by atoms with Crippen molar-refractivity contribution < 1.29 is 35.9 Å². The van der Waals surface area contributed by atoms with Crippen LogP contribution in [0.15, 0.2) is 59.8 Å². The summed E-state index contributed by atoms with van der Waals surface area (Å²) in [4.78, 5) is 35.2. The average Bonchev–Trinajstić information content (AvgIpc) is 3.11. The molecule has 1 saturated heterocycles. The van der Waals surface area contributed by atoms with Gasteiger partial charge in [-0.2, -0.15) is 18.2 Å². The number of morpholine rings is 1. The molecule has 6 rings (SSSR count). The first-order valence-corrected chi connectivity index (χ1v) is 19.7. The van der Waals surface area contributed by atoms with E-state index in [1.54, 1.807) is 37.5 Å². The number of carbonyl (C=O) groups excluding carboxylic acids is 1. The molecule has 0 saturated carbocycles. The maximum atomic E-state index is 15.4. The number of alkyl halides is 3. The average molecular weight is 782 g/mol. The van der Waals surface area contributed by atoms with E-state index in [2.05, 4.69) is 29.6 Å². The molecule has 12 nitrogen and oxygen atoms in total. The van der Waals surface area contributed by atoms with Gasteiger partial charge in [-0.1, -0.05) is 58.9 Å². The Labute approximate surface area is 319 Å². The van der Waals surface area contributed by atoms with E-state index < -0.39 is 63.3 Å². The van der Waals surface area contributed by atoms with Crippen LogP contribution in [0.4, 0.5) is 24.8 Å². The highest BCUT2D eigenvalue weighted by Gasteiger charge is 2.42. The van der Waals surface area contributed by atoms with Crippen molar-refractivity contribution >= 4 is 27.6 Å². The van der Waals surface area contributed by atoms with E-state index in [-0.39, 0.29) is 40.7 Å². The summed E-state index contributed by atoms with van der Waals surface area (Å²) in [6, 6.07) is 9.75. The molecule has 0 unspecified atom stereocenters. The summed E-state index contributed by atoms with van der Waals surface area (Å²) in [5.41, 5.74) is -0.0707. The van der Waals surface area contributed by atoms with Crippen molar-refractivity contribution in [3.8, 4) is 17.1 Å². The topological polar surface area (TPSA) is 140 Å². The summed E-state index contributed by atoms with van der Waals surface area (Å²) in [5.74, 6) is -1.69. The zero-order valence-electron chi connectivity index (χ0n) is 31.8. The summed E-state index contributed by atoms with van der Waals surface area (Å²) in [6.07, 6.45) is -0.992. The number of aryl methyl sites for hydroxylation is 1. The monoisotopic (exact) mass is 781 g/mol. The lowest BCUT2D eigenvalue weighted by molar-refractivity contribution is -0.139. The number of sulfonamides is 1. The Morgan fingerprint density at radius 1 is 1.00 bits per heavy atom. The second kappa shape index (κ2) is 15.7. The van der Waals surface area contributed by atoms with Crippen molar-refractivity contribution in [1.29, 1.82) is 0 Å². The maximum absolute atomic E-state index is 15.4. The number of hydrogen-bond acceptors (Lipinski definition) is 10. The number of rotatable bonds is 7. The standard InChI is InChI=1S/C39H46F3N7O5S/c1-24(2)17-26-10-7-9-25(3)32(26)34-33(39(40,41)42)35-46-37(45-34)47-55(51,52)30-12-8-11-27(18-30)36(50)49(28(23-54-35)19-38(4,5)6)22-31-43-20-29(21-44-31)48-13-15-53-16-14-48/h7-12,18,20-21,24,28H,13-17,19,22-23H2,1-6H3,(H,45,46,47)/t28-/m1/s1. The van der Waals surface area contributed by atoms with Gasteiger partial charge in [0.2, 0.25) is 11.8 Å². The number of fused-ring (bicyclic) bond motifs is 4. The molecule has 4 bridgehead atoms. The number of anilines is 2. The first kappa shape index (κ1) is 39.9. The molecule has 4 aromatic rings. The molecule has 0 radical (unpaired) electrons. The third-order valence-electron chi connectivity index (χ3n) is 9.34. The molecule has 2 aliphatic heterocycles. The summed E-state index contributed by atoms with van der Waals surface area (Å²) >= 11 is 0. The predicted octanol–water partition coefficient (Wildman–Crippen LogP) is 6.94. The molecular weight excluding hydrogens is 736 g/mol. The highest BCUT2D eigenvalue weighted by Crippen LogP contribution is 2.44. The molecule has 1 atom stereocenters. The van der Waals surface area contributed by atoms with Crippen molar-refractivity contribution in [2.24, 2.45) is 11.3 Å². The SMILES string of the molecule is Cc1cccc(CC(C)C)c1-c1nc2nc(c1C(F)(F)F)OC[C@@H](CC(C)(C)C)N(Cc1ncc(N3CCOCC3)cn1)C(=O)c1cccc(c1)S(=O)(=O)N2. The Morgan fingerprint density at radius 3 is 2.35 bits per heavy atom. The molecule has 0 spiro atoms. The maximum Gasteiger partial charge on any atom is 0.423 e. The van der Waals surface area contributed by atoms with Crippen LogP contribution in [0.3, 0.4) is 0 Å². The number of amides is 1. The van der Waals surface area contributed by atoms with Gasteiger partial charge in [-0.05, 0) is 60.4 Å². The van der Waals surface area contributed by atoms with E-state index >= 15 is 13.2 Å². The van der Waals surface area contributed by atoms with Gasteiger partial charge in [0.1, 0.15) is 18.0 Å². The van der Waals surface area contributed by atoms with Crippen LogP contribution in [0.2, 0.25) is 0 Å². The van der Waals surface area contributed by atoms with Crippen LogP contribution >= 0.6 is 0 Å². The van der Waals surface area contributed by atoms with Gasteiger partial charge in [-0.25, -0.2) is 28.1 Å². The zero-order valence-corrected chi connectivity index (χ0v) is 32.6. The Kier molecular flexibility index (Phi) is 11.4. The van der Waals surface area contributed by atoms with Crippen LogP contribution in [0.1, 0.15) is 73.9 Å². The quantitative estimate of drug-likeness (QED) is 0.210. The number of hydrogen-bond donors (Lipinski definition) is 1. The fraction of sp³-hybridized carbons (Fsp3) is 0.462. The molecule has 0 aliphatic carbocycles. The van der Waals surface area contributed by atoms with Crippen molar-refractivity contribution in [3.05, 3.63) is 82.9 Å². The molecule has 2 aliphatic rings. The second-order valence-corrected chi connectivity index (χ2v) is 17.2. The Bertz CT molecular complexity index is 2140. The van der Waals surface area contributed by atoms with E-state index in [0.717, 1.165) is 5.69 Å². The van der Waals surface area contributed by atoms with Crippen LogP contribution < -0.4 is 14.4 Å². The molecule has 2 aromatic carbocycles. The number of nitrogens with one attached hydrogen (secondary N) is 1. The Morgan fingerprint density at radius 2 is 1.69 bits per heavy atom. The largest absolute Gasteiger partial charge is 0.475 e. The minimum Gasteiger partial charge on any atom is -0.475 e. The van der Waals surface area contributed by atoms with Gasteiger partial charge in [0.05, 0.1) is 54.5 Å². The van der Waals surface area contributed by atoms with Gasteiger partial charge in [-0.15, -0.1) is 0 Å². The number of halogens is 3. The molecule has 1 N–H and O–H groups in total. The summed E-state index contributed by atoms with van der Waals surface area (Å²) in [5, 5.41) is 0. The van der Waals surface area contributed by atoms with Crippen LogP contribution in [-0.4, -0.2) is 78.1 Å². The fourth-order valence-electron chi connectivity index (χ4n) is 6.92. The molecule has 16 heteroatoms. The second-order valence-electron chi connectivity index (χ2n) is 15.5. The molecule has 294 valence electrons. The van der Waals surface area contributed by atoms with E-state index in [9.17, 15) is 13.2 Å². The summed E-state index contributed by atoms with van der Waals surface area (Å²) < 4.78 is 87.6. The zero-order chi connectivity index (χ0) is 39.7. The van der Waals surface area contributed by atoms with Gasteiger partial charge in [-0.3, -0.25) is 4.79 Å². The third-order valence-corrected chi connectivity index (χ3v) is 10.7. The molecule has 2 aromatic heterocycles. The van der Waals surface area contributed by atoms with Gasteiger partial charge < -0.3 is 19.3 Å². The Hall–Kier alpha value is -4.83. The van der Waals surface area contributed by atoms with Gasteiger partial charge in [0.25, 0.3) is 15.9 Å². The lowest BCUT2D eigenvalue weighted by atomic mass is 9.87. The summed E-state index contributed by atoms with van der Waals surface area (Å²) in [7, 11) is -4.52. The van der Waals surface area contributed by atoms with Crippen molar-refractivity contribution in [3.63, 3.8) is 0 Å². The predicted molar refractivity (Wildman–Crippen MR) is 201 cm³/mol. The van der Waals surface area contributed by atoms with Crippen LogP contribution in [0.5, 0.6) is 5.88 Å². The van der Waals surface area contributed by atoms with Crippen molar-refractivity contribution in [2.45, 2.75) is 78.0 Å². The molecule has 4 heterocycles. The van der Waals surface area contributed by atoms with Gasteiger partial charge in [0.15, 0.2) is 0 Å². The minimum absolute atomic E-state index is 0.0357. The molecule has 1 amide bonds. The van der Waals surface area contributed by atoms with E-state index in [1.807, 2.05) is 34.6 Å². The number of carbonyl (C=O) groups is 1. The van der Waals surface area contributed by atoms with Gasteiger partial charge >= 0.3 is 6.18 Å². The normalized spacial score (nSPS) is 17.9. The van der Waals surface area contributed by atoms with Gasteiger partial charge in [0, 0.05) is 24.2 Å². The van der Waals surface area contributed by atoms with E-state index in [4.69, 9.17) is 9.47 Å². The van der Waals surface area contributed by atoms with E-state index in [0.29, 0.717) is 43.9 Å². The first-order valence-electron chi connectivity index (χ1n) is 18.2. The van der Waals surface area contributed by atoms with E-state index in [1.165, 1.54) is 29.2 Å². The van der Waals surface area contributed by atoms with Crippen molar-refractivity contribution in [1.82, 2.24) is 24.8 Å². The molecule has 55 heavy (non-hydrogen) atoms. The smallest absolute Gasteiger partial charge is 0.423 e. The first-order chi connectivity index (χ1) is 25.9. The molecule has 1 fully saturated rings. The lowest BCUT2D eigenvalue weighted by Gasteiger charge is -2.35. The third kappa shape index (κ3) is 9.35. The minimum atomic E-state index is -5.02. The highest BCUT2D eigenvalue weighted by atomic mass is 32.2. The van der Waals surface area contributed by atoms with Crippen LogP contribution in [-0.2, 0) is 33.9 Å². The number of ether oxygens (including phenoxy) is 2. The van der Waals surface area contributed by atoms with Crippen LogP contribution in [0.25, 0.3) is 11.3 Å². The van der Waals surface area contributed by atoms with Crippen LogP contribution in [0, 0.1) is 18.3 Å². The fourth-order valence-corrected chi connectivity index (χ4v) is 7.91. The number of nitrogens with zero attached hydrogens (tertiary/aromatic N) is 6. The molecular formula is C39H46F3N7O5S.